The van der Waals surface area contributed by atoms with Crippen LogP contribution in [0, 0.1) is 11.8 Å². The second kappa shape index (κ2) is 7.35. The summed E-state index contributed by atoms with van der Waals surface area (Å²) in [5.41, 5.74) is 3.63. The molecular formula is C26H30O3. The van der Waals surface area contributed by atoms with Crippen LogP contribution in [0.1, 0.15) is 80.1 Å². The first kappa shape index (κ1) is 21.1. The van der Waals surface area contributed by atoms with Crippen molar-refractivity contribution in [2.45, 2.75) is 63.9 Å². The third-order valence-electron chi connectivity index (χ3n) is 6.17. The van der Waals surface area contributed by atoms with Gasteiger partial charge in [0.15, 0.2) is 0 Å². The van der Waals surface area contributed by atoms with E-state index >= 15 is 0 Å². The Labute approximate surface area is 174 Å². The summed E-state index contributed by atoms with van der Waals surface area (Å²) in [5, 5.41) is 11.1. The van der Waals surface area contributed by atoms with Crippen LogP contribution in [0.5, 0.6) is 0 Å². The second-order valence-electron chi connectivity index (χ2n) is 9.42. The van der Waals surface area contributed by atoms with Crippen LogP contribution in [-0.4, -0.2) is 18.2 Å². The third-order valence-corrected chi connectivity index (χ3v) is 6.17. The van der Waals surface area contributed by atoms with Crippen LogP contribution in [0.15, 0.2) is 42.5 Å². The van der Waals surface area contributed by atoms with Crippen LogP contribution in [0.4, 0.5) is 0 Å². The lowest BCUT2D eigenvalue weighted by Gasteiger charge is -2.42. The van der Waals surface area contributed by atoms with E-state index in [-0.39, 0.29) is 16.8 Å². The maximum absolute atomic E-state index is 11.5. The zero-order valence-electron chi connectivity index (χ0n) is 18.2. The second-order valence-corrected chi connectivity index (χ2v) is 9.42. The lowest BCUT2D eigenvalue weighted by atomic mass is 9.62. The molecule has 3 rings (SSSR count). The number of aliphatic hydroxyl groups is 1. The number of hydrogen-bond donors (Lipinski definition) is 1. The van der Waals surface area contributed by atoms with Crippen LogP contribution >= 0.6 is 0 Å². The van der Waals surface area contributed by atoms with Crippen molar-refractivity contribution in [2.75, 3.05) is 7.11 Å². The average molecular weight is 391 g/mol. The smallest absolute Gasteiger partial charge is 0.337 e. The molecule has 1 aliphatic carbocycles. The summed E-state index contributed by atoms with van der Waals surface area (Å²) in [6, 6.07) is 13.2. The number of rotatable bonds is 2. The van der Waals surface area contributed by atoms with Crippen molar-refractivity contribution in [2.24, 2.45) is 0 Å². The van der Waals surface area contributed by atoms with Gasteiger partial charge in [-0.1, -0.05) is 57.7 Å². The Morgan fingerprint density at radius 2 is 1.59 bits per heavy atom. The zero-order chi connectivity index (χ0) is 21.4. The molecule has 3 heteroatoms. The average Bonchev–Trinajstić information content (AvgIpc) is 2.69. The standard InChI is InChI=1S/C26H30O3/c1-24(2)15-16-25(3,4)22-17-20(11-12-21(22)24)26(5,28)14-13-18-7-9-19(10-8-18)23(27)29-6/h7-12,17,28H,15-16H2,1-6H3. The van der Waals surface area contributed by atoms with Crippen molar-refractivity contribution in [1.82, 2.24) is 0 Å². The molecule has 2 aromatic carbocycles. The van der Waals surface area contributed by atoms with Crippen LogP contribution < -0.4 is 0 Å². The monoisotopic (exact) mass is 390 g/mol. The Morgan fingerprint density at radius 3 is 2.17 bits per heavy atom. The van der Waals surface area contributed by atoms with Crippen molar-refractivity contribution in [3.63, 3.8) is 0 Å². The fraction of sp³-hybridized carbons (Fsp3) is 0.423. The maximum atomic E-state index is 11.5. The lowest BCUT2D eigenvalue weighted by molar-refractivity contribution is 0.0600. The number of carbonyl (C=O) groups is 1. The van der Waals surface area contributed by atoms with Crippen molar-refractivity contribution in [3.05, 3.63) is 70.3 Å². The van der Waals surface area contributed by atoms with Gasteiger partial charge < -0.3 is 9.84 Å². The van der Waals surface area contributed by atoms with Gasteiger partial charge >= 0.3 is 5.97 Å². The van der Waals surface area contributed by atoms with E-state index < -0.39 is 5.60 Å². The normalized spacial score (nSPS) is 18.6. The molecule has 3 nitrogen and oxygen atoms in total. The molecule has 0 saturated carbocycles. The third kappa shape index (κ3) is 4.23. The molecular weight excluding hydrogens is 360 g/mol. The quantitative estimate of drug-likeness (QED) is 0.574. The van der Waals surface area contributed by atoms with E-state index in [9.17, 15) is 9.90 Å². The van der Waals surface area contributed by atoms with E-state index in [1.807, 2.05) is 6.07 Å². The van der Waals surface area contributed by atoms with Gasteiger partial charge in [0.25, 0.3) is 0 Å². The fourth-order valence-corrected chi connectivity index (χ4v) is 3.97. The molecule has 0 aromatic heterocycles. The highest BCUT2D eigenvalue weighted by atomic mass is 16.5. The van der Waals surface area contributed by atoms with Gasteiger partial charge in [-0.25, -0.2) is 4.79 Å². The van der Waals surface area contributed by atoms with Gasteiger partial charge in [-0.2, -0.15) is 0 Å². The highest BCUT2D eigenvalue weighted by Crippen LogP contribution is 2.46. The van der Waals surface area contributed by atoms with Crippen LogP contribution in [0.25, 0.3) is 0 Å². The highest BCUT2D eigenvalue weighted by Gasteiger charge is 2.38. The molecule has 0 saturated heterocycles. The molecule has 29 heavy (non-hydrogen) atoms. The summed E-state index contributed by atoms with van der Waals surface area (Å²) in [6.07, 6.45) is 2.28. The van der Waals surface area contributed by atoms with Crippen LogP contribution in [0.2, 0.25) is 0 Å². The molecule has 0 amide bonds. The van der Waals surface area contributed by atoms with Gasteiger partial charge in [0.1, 0.15) is 5.60 Å². The minimum Gasteiger partial charge on any atom is -0.465 e. The van der Waals surface area contributed by atoms with Gasteiger partial charge in [0, 0.05) is 5.56 Å². The fourth-order valence-electron chi connectivity index (χ4n) is 3.97. The summed E-state index contributed by atoms with van der Waals surface area (Å²) in [4.78, 5) is 11.5. The van der Waals surface area contributed by atoms with E-state index in [0.717, 1.165) is 24.0 Å². The first-order valence-corrected chi connectivity index (χ1v) is 10.1. The maximum Gasteiger partial charge on any atom is 0.337 e. The van der Waals surface area contributed by atoms with E-state index in [4.69, 9.17) is 4.74 Å². The topological polar surface area (TPSA) is 46.5 Å². The predicted molar refractivity (Wildman–Crippen MR) is 116 cm³/mol. The molecule has 1 aliphatic rings. The summed E-state index contributed by atoms with van der Waals surface area (Å²) in [7, 11) is 1.36. The number of benzene rings is 2. The van der Waals surface area contributed by atoms with E-state index in [2.05, 4.69) is 51.7 Å². The Morgan fingerprint density at radius 1 is 1.00 bits per heavy atom. The number of ether oxygens (including phenoxy) is 1. The number of hydrogen-bond acceptors (Lipinski definition) is 3. The summed E-state index contributed by atoms with van der Waals surface area (Å²) in [6.45, 7) is 10.8. The minimum absolute atomic E-state index is 0.0775. The van der Waals surface area contributed by atoms with Crippen molar-refractivity contribution >= 4 is 5.97 Å². The molecule has 1 unspecified atom stereocenters. The van der Waals surface area contributed by atoms with Gasteiger partial charge in [-0.05, 0) is 71.6 Å². The van der Waals surface area contributed by atoms with Crippen molar-refractivity contribution in [1.29, 1.82) is 0 Å². The Bertz CT molecular complexity index is 983. The largest absolute Gasteiger partial charge is 0.465 e. The van der Waals surface area contributed by atoms with Gasteiger partial charge in [0.05, 0.1) is 12.7 Å². The summed E-state index contributed by atoms with van der Waals surface area (Å²) >= 11 is 0. The van der Waals surface area contributed by atoms with E-state index in [0.29, 0.717) is 5.56 Å². The highest BCUT2D eigenvalue weighted by molar-refractivity contribution is 5.89. The number of fused-ring (bicyclic) bond motifs is 1. The molecule has 0 aliphatic heterocycles. The molecule has 0 radical (unpaired) electrons. The molecule has 2 aromatic rings. The predicted octanol–water partition coefficient (Wildman–Crippen LogP) is 5.08. The summed E-state index contributed by atoms with van der Waals surface area (Å²) < 4.78 is 4.71. The van der Waals surface area contributed by atoms with Crippen LogP contribution in [0.3, 0.4) is 0 Å². The van der Waals surface area contributed by atoms with Crippen molar-refractivity contribution < 1.29 is 14.6 Å². The number of methoxy groups -OCH3 is 1. The van der Waals surface area contributed by atoms with Gasteiger partial charge in [-0.15, -0.1) is 0 Å². The first-order chi connectivity index (χ1) is 13.5. The molecule has 152 valence electrons. The lowest BCUT2D eigenvalue weighted by Crippen LogP contribution is -2.34. The molecule has 1 atom stereocenters. The van der Waals surface area contributed by atoms with Crippen LogP contribution in [-0.2, 0) is 21.2 Å². The Balaban J connectivity index is 1.93. The Kier molecular flexibility index (Phi) is 5.36. The molecule has 0 heterocycles. The summed E-state index contributed by atoms with van der Waals surface area (Å²) in [5.74, 6) is 5.65. The Hall–Kier alpha value is -2.57. The zero-order valence-corrected chi connectivity index (χ0v) is 18.2. The molecule has 0 fully saturated rings. The molecule has 0 bridgehead atoms. The molecule has 0 spiro atoms. The molecule has 1 N–H and O–H groups in total. The van der Waals surface area contributed by atoms with Crippen molar-refractivity contribution in [3.8, 4) is 11.8 Å². The van der Waals surface area contributed by atoms with Gasteiger partial charge in [-0.3, -0.25) is 0 Å². The minimum atomic E-state index is -1.27. The van der Waals surface area contributed by atoms with Gasteiger partial charge in [0.2, 0.25) is 0 Å². The first-order valence-electron chi connectivity index (χ1n) is 10.1. The van der Waals surface area contributed by atoms with E-state index in [1.165, 1.54) is 18.2 Å². The number of carbonyl (C=O) groups excluding carboxylic acids is 1. The van der Waals surface area contributed by atoms with E-state index in [1.54, 1.807) is 31.2 Å². The number of esters is 1. The SMILES string of the molecule is COC(=O)c1ccc(C#CC(C)(O)c2ccc3c(c2)C(C)(C)CCC3(C)C)cc1.